The number of aromatic nitrogens is 1. The number of urea groups is 1. The summed E-state index contributed by atoms with van der Waals surface area (Å²) in [6.07, 6.45) is 1.72. The quantitative estimate of drug-likeness (QED) is 0.741. The summed E-state index contributed by atoms with van der Waals surface area (Å²) in [5.41, 5.74) is 5.84. The lowest BCUT2D eigenvalue weighted by atomic mass is 10.3. The standard InChI is InChI=1S/C9H11N3O2S/c1-6-2-3-8(11-4-6)15-5-7(13)12-9(10)14/h2-4H,5H2,1H3,(H3,10,12,13,14). The van der Waals surface area contributed by atoms with Gasteiger partial charge >= 0.3 is 6.03 Å². The van der Waals surface area contributed by atoms with Gasteiger partial charge in [0.2, 0.25) is 5.91 Å². The van der Waals surface area contributed by atoms with E-state index in [0.717, 1.165) is 10.6 Å². The van der Waals surface area contributed by atoms with Gasteiger partial charge in [-0.15, -0.1) is 0 Å². The van der Waals surface area contributed by atoms with Crippen LogP contribution in [0.5, 0.6) is 0 Å². The highest BCUT2D eigenvalue weighted by molar-refractivity contribution is 7.99. The van der Waals surface area contributed by atoms with Crippen LogP contribution in [0.25, 0.3) is 0 Å². The highest BCUT2D eigenvalue weighted by atomic mass is 32.2. The molecule has 0 bridgehead atoms. The number of carbonyl (C=O) groups is 2. The molecule has 0 fully saturated rings. The highest BCUT2D eigenvalue weighted by Gasteiger charge is 2.05. The molecule has 1 heterocycles. The maximum Gasteiger partial charge on any atom is 0.318 e. The van der Waals surface area contributed by atoms with Gasteiger partial charge in [0.25, 0.3) is 0 Å². The van der Waals surface area contributed by atoms with Gasteiger partial charge in [-0.25, -0.2) is 9.78 Å². The molecule has 1 aromatic heterocycles. The van der Waals surface area contributed by atoms with Gasteiger partial charge in [0.1, 0.15) is 0 Å². The van der Waals surface area contributed by atoms with Gasteiger partial charge in [-0.2, -0.15) is 0 Å². The Kier molecular flexibility index (Phi) is 4.11. The molecule has 3 amide bonds. The highest BCUT2D eigenvalue weighted by Crippen LogP contribution is 2.14. The minimum absolute atomic E-state index is 0.124. The van der Waals surface area contributed by atoms with Gasteiger partial charge in [0, 0.05) is 6.20 Å². The van der Waals surface area contributed by atoms with Crippen LogP contribution < -0.4 is 11.1 Å². The monoisotopic (exact) mass is 225 g/mol. The molecular formula is C9H11N3O2S. The first kappa shape index (κ1) is 11.5. The topological polar surface area (TPSA) is 85.1 Å². The summed E-state index contributed by atoms with van der Waals surface area (Å²) < 4.78 is 0. The van der Waals surface area contributed by atoms with E-state index in [1.54, 1.807) is 6.20 Å². The second-order valence-electron chi connectivity index (χ2n) is 2.87. The summed E-state index contributed by atoms with van der Waals surface area (Å²) in [6.45, 7) is 1.93. The van der Waals surface area contributed by atoms with Gasteiger partial charge in [-0.3, -0.25) is 10.1 Å². The van der Waals surface area contributed by atoms with Crippen molar-refractivity contribution in [1.29, 1.82) is 0 Å². The number of pyridine rings is 1. The van der Waals surface area contributed by atoms with Crippen LogP contribution in [0, 0.1) is 6.92 Å². The first-order chi connectivity index (χ1) is 7.08. The minimum Gasteiger partial charge on any atom is -0.351 e. The average Bonchev–Trinajstić information content (AvgIpc) is 2.16. The molecule has 15 heavy (non-hydrogen) atoms. The third-order valence-electron chi connectivity index (χ3n) is 1.50. The van der Waals surface area contributed by atoms with E-state index in [0.29, 0.717) is 0 Å². The summed E-state index contributed by atoms with van der Waals surface area (Å²) in [5.74, 6) is -0.297. The number of hydrogen-bond donors (Lipinski definition) is 2. The zero-order valence-electron chi connectivity index (χ0n) is 8.19. The number of nitrogens with one attached hydrogen (secondary N) is 1. The predicted molar refractivity (Wildman–Crippen MR) is 57.4 cm³/mol. The molecule has 1 aromatic rings. The molecule has 5 nitrogen and oxygen atoms in total. The molecule has 0 saturated heterocycles. The number of imide groups is 1. The smallest absolute Gasteiger partial charge is 0.318 e. The van der Waals surface area contributed by atoms with Gasteiger partial charge in [0.05, 0.1) is 10.8 Å². The molecule has 0 saturated carbocycles. The van der Waals surface area contributed by atoms with Crippen LogP contribution in [0.2, 0.25) is 0 Å². The van der Waals surface area contributed by atoms with Crippen molar-refractivity contribution in [3.63, 3.8) is 0 Å². The number of primary amides is 1. The molecule has 0 aliphatic carbocycles. The van der Waals surface area contributed by atoms with Crippen LogP contribution in [-0.4, -0.2) is 22.7 Å². The Bertz CT molecular complexity index is 364. The number of rotatable bonds is 3. The molecule has 0 atom stereocenters. The van der Waals surface area contributed by atoms with Gasteiger partial charge in [-0.1, -0.05) is 17.8 Å². The van der Waals surface area contributed by atoms with E-state index in [1.165, 1.54) is 11.8 Å². The second kappa shape index (κ2) is 5.35. The molecule has 3 N–H and O–H groups in total. The van der Waals surface area contributed by atoms with Crippen molar-refractivity contribution in [2.45, 2.75) is 11.9 Å². The Morgan fingerprint density at radius 2 is 2.27 bits per heavy atom. The van der Waals surface area contributed by atoms with E-state index < -0.39 is 11.9 Å². The van der Waals surface area contributed by atoms with Crippen molar-refractivity contribution in [3.05, 3.63) is 23.9 Å². The summed E-state index contributed by atoms with van der Waals surface area (Å²) in [4.78, 5) is 25.5. The average molecular weight is 225 g/mol. The Morgan fingerprint density at radius 3 is 2.80 bits per heavy atom. The van der Waals surface area contributed by atoms with Gasteiger partial charge in [-0.05, 0) is 18.6 Å². The molecule has 0 spiro atoms. The van der Waals surface area contributed by atoms with Crippen LogP contribution in [0.1, 0.15) is 5.56 Å². The number of thioether (sulfide) groups is 1. The summed E-state index contributed by atoms with van der Waals surface area (Å²) >= 11 is 1.25. The van der Waals surface area contributed by atoms with Crippen LogP contribution in [0.15, 0.2) is 23.4 Å². The third kappa shape index (κ3) is 4.46. The molecule has 1 rings (SSSR count). The molecule has 0 aliphatic rings. The molecular weight excluding hydrogens is 214 g/mol. The second-order valence-corrected chi connectivity index (χ2v) is 3.87. The summed E-state index contributed by atoms with van der Waals surface area (Å²) in [7, 11) is 0. The molecule has 0 unspecified atom stereocenters. The maximum atomic E-state index is 11.0. The van der Waals surface area contributed by atoms with Crippen molar-refractivity contribution < 1.29 is 9.59 Å². The Morgan fingerprint density at radius 1 is 1.53 bits per heavy atom. The van der Waals surface area contributed by atoms with E-state index >= 15 is 0 Å². The lowest BCUT2D eigenvalue weighted by molar-refractivity contribution is -0.117. The Labute approximate surface area is 91.4 Å². The van der Waals surface area contributed by atoms with E-state index in [4.69, 9.17) is 5.73 Å². The van der Waals surface area contributed by atoms with E-state index in [-0.39, 0.29) is 5.75 Å². The zero-order valence-corrected chi connectivity index (χ0v) is 9.00. The largest absolute Gasteiger partial charge is 0.351 e. The molecule has 0 radical (unpaired) electrons. The summed E-state index contributed by atoms with van der Waals surface area (Å²) in [6, 6.07) is 2.89. The number of aryl methyl sites for hydroxylation is 1. The number of carbonyl (C=O) groups excluding carboxylic acids is 2. The van der Waals surface area contributed by atoms with E-state index in [9.17, 15) is 9.59 Å². The van der Waals surface area contributed by atoms with Crippen LogP contribution in [0.4, 0.5) is 4.79 Å². The van der Waals surface area contributed by atoms with E-state index in [2.05, 4.69) is 4.98 Å². The minimum atomic E-state index is -0.836. The Balaban J connectivity index is 2.40. The van der Waals surface area contributed by atoms with Crippen molar-refractivity contribution >= 4 is 23.7 Å². The number of nitrogens with two attached hydrogens (primary N) is 1. The van der Waals surface area contributed by atoms with Gasteiger partial charge in [0.15, 0.2) is 0 Å². The first-order valence-electron chi connectivity index (χ1n) is 4.22. The van der Waals surface area contributed by atoms with Crippen molar-refractivity contribution in [1.82, 2.24) is 10.3 Å². The molecule has 6 heteroatoms. The number of amides is 3. The molecule has 80 valence electrons. The fourth-order valence-electron chi connectivity index (χ4n) is 0.853. The fourth-order valence-corrected chi connectivity index (χ4v) is 1.50. The fraction of sp³-hybridized carbons (Fsp3) is 0.222. The number of hydrogen-bond acceptors (Lipinski definition) is 4. The Hall–Kier alpha value is -1.56. The SMILES string of the molecule is Cc1ccc(SCC(=O)NC(N)=O)nc1. The predicted octanol–water partition coefficient (Wildman–Crippen LogP) is 0.677. The van der Waals surface area contributed by atoms with Crippen LogP contribution >= 0.6 is 11.8 Å². The third-order valence-corrected chi connectivity index (χ3v) is 2.44. The normalized spacial score (nSPS) is 9.67. The molecule has 0 aromatic carbocycles. The van der Waals surface area contributed by atoms with Crippen LogP contribution in [-0.2, 0) is 4.79 Å². The van der Waals surface area contributed by atoms with E-state index in [1.807, 2.05) is 24.4 Å². The first-order valence-corrected chi connectivity index (χ1v) is 5.21. The summed E-state index contributed by atoms with van der Waals surface area (Å²) in [5, 5.41) is 2.71. The number of nitrogens with zero attached hydrogens (tertiary/aromatic N) is 1. The van der Waals surface area contributed by atoms with Crippen molar-refractivity contribution in [2.24, 2.45) is 5.73 Å². The molecule has 0 aliphatic heterocycles. The van der Waals surface area contributed by atoms with Crippen molar-refractivity contribution in [2.75, 3.05) is 5.75 Å². The van der Waals surface area contributed by atoms with Crippen molar-refractivity contribution in [3.8, 4) is 0 Å². The lowest BCUT2D eigenvalue weighted by Crippen LogP contribution is -2.36. The zero-order chi connectivity index (χ0) is 11.3. The lowest BCUT2D eigenvalue weighted by Gasteiger charge is -2.00. The van der Waals surface area contributed by atoms with Crippen LogP contribution in [0.3, 0.4) is 0 Å². The maximum absolute atomic E-state index is 11.0. The van der Waals surface area contributed by atoms with Gasteiger partial charge < -0.3 is 5.73 Å².